The van der Waals surface area contributed by atoms with Crippen LogP contribution in [0.3, 0.4) is 0 Å². The highest BCUT2D eigenvalue weighted by Crippen LogP contribution is 2.19. The van der Waals surface area contributed by atoms with E-state index in [-0.39, 0.29) is 24.5 Å². The van der Waals surface area contributed by atoms with E-state index < -0.39 is 0 Å². The summed E-state index contributed by atoms with van der Waals surface area (Å²) < 4.78 is 5.64. The third-order valence-electron chi connectivity index (χ3n) is 3.03. The van der Waals surface area contributed by atoms with Crippen LogP contribution in [0.2, 0.25) is 0 Å². The van der Waals surface area contributed by atoms with Crippen molar-refractivity contribution >= 4 is 5.91 Å². The number of aryl methyl sites for hydroxylation is 1. The van der Waals surface area contributed by atoms with Crippen LogP contribution in [0.25, 0.3) is 0 Å². The zero-order valence-corrected chi connectivity index (χ0v) is 11.8. The molecule has 0 fully saturated rings. The second-order valence-electron chi connectivity index (χ2n) is 4.88. The molecule has 0 aliphatic carbocycles. The molecular formula is C14H23N3O2. The van der Waals surface area contributed by atoms with Gasteiger partial charge in [-0.05, 0) is 25.5 Å². The van der Waals surface area contributed by atoms with Crippen LogP contribution in [0.15, 0.2) is 12.1 Å². The minimum Gasteiger partial charge on any atom is -0.491 e. The van der Waals surface area contributed by atoms with Gasteiger partial charge in [-0.25, -0.2) is 0 Å². The van der Waals surface area contributed by atoms with E-state index in [2.05, 4.69) is 4.98 Å². The minimum atomic E-state index is -0.369. The number of rotatable bonds is 7. The van der Waals surface area contributed by atoms with Crippen LogP contribution in [0.5, 0.6) is 5.75 Å². The predicted molar refractivity (Wildman–Crippen MR) is 74.8 cm³/mol. The van der Waals surface area contributed by atoms with Gasteiger partial charge in [0, 0.05) is 18.2 Å². The zero-order chi connectivity index (χ0) is 14.4. The Morgan fingerprint density at radius 1 is 1.47 bits per heavy atom. The number of carbonyl (C=O) groups excluding carboxylic acids is 1. The fourth-order valence-corrected chi connectivity index (χ4v) is 1.56. The Balaban J connectivity index is 2.78. The first kappa shape index (κ1) is 15.4. The molecule has 106 valence electrons. The normalized spacial score (nSPS) is 13.9. The van der Waals surface area contributed by atoms with Gasteiger partial charge in [-0.15, -0.1) is 0 Å². The highest BCUT2D eigenvalue weighted by molar-refractivity contribution is 5.76. The van der Waals surface area contributed by atoms with E-state index in [0.29, 0.717) is 12.2 Å². The third-order valence-corrected chi connectivity index (χ3v) is 3.03. The van der Waals surface area contributed by atoms with E-state index in [0.717, 1.165) is 17.8 Å². The van der Waals surface area contributed by atoms with E-state index in [1.807, 2.05) is 26.0 Å². The number of nitrogens with two attached hydrogens (primary N) is 2. The summed E-state index contributed by atoms with van der Waals surface area (Å²) >= 11 is 0. The van der Waals surface area contributed by atoms with Gasteiger partial charge in [0.15, 0.2) is 0 Å². The Labute approximate surface area is 114 Å². The van der Waals surface area contributed by atoms with Gasteiger partial charge in [0.05, 0.1) is 18.2 Å². The van der Waals surface area contributed by atoms with Crippen LogP contribution in [0.1, 0.15) is 31.7 Å². The molecule has 0 saturated heterocycles. The van der Waals surface area contributed by atoms with Crippen molar-refractivity contribution in [3.63, 3.8) is 0 Å². The van der Waals surface area contributed by atoms with Gasteiger partial charge in [0.25, 0.3) is 0 Å². The molecule has 19 heavy (non-hydrogen) atoms. The lowest BCUT2D eigenvalue weighted by molar-refractivity contribution is -0.122. The number of hydrogen-bond acceptors (Lipinski definition) is 4. The topological polar surface area (TPSA) is 91.2 Å². The van der Waals surface area contributed by atoms with E-state index in [1.54, 1.807) is 6.92 Å². The van der Waals surface area contributed by atoms with Gasteiger partial charge in [-0.3, -0.25) is 9.78 Å². The maximum Gasteiger partial charge on any atom is 0.223 e. The summed E-state index contributed by atoms with van der Waals surface area (Å²) in [4.78, 5) is 15.5. The second kappa shape index (κ2) is 7.09. The Hall–Kier alpha value is -1.62. The lowest BCUT2D eigenvalue weighted by Gasteiger charge is -2.15. The molecule has 0 aliphatic rings. The maximum absolute atomic E-state index is 11.0. The number of pyridine rings is 1. The van der Waals surface area contributed by atoms with Crippen molar-refractivity contribution in [2.75, 3.05) is 6.61 Å². The molecule has 0 saturated carbocycles. The molecule has 0 spiro atoms. The Bertz CT molecular complexity index is 435. The monoisotopic (exact) mass is 265 g/mol. The van der Waals surface area contributed by atoms with Crippen molar-refractivity contribution < 1.29 is 9.53 Å². The number of amides is 1. The van der Waals surface area contributed by atoms with Gasteiger partial charge in [-0.1, -0.05) is 13.8 Å². The van der Waals surface area contributed by atoms with Crippen molar-refractivity contribution in [3.8, 4) is 5.75 Å². The van der Waals surface area contributed by atoms with Crippen LogP contribution < -0.4 is 16.2 Å². The SMILES string of the molecule is CCC(N)Cc1nc(C)ccc1OCC(C)C(N)=O. The largest absolute Gasteiger partial charge is 0.491 e. The first-order valence-electron chi connectivity index (χ1n) is 6.58. The molecule has 0 aliphatic heterocycles. The average molecular weight is 265 g/mol. The molecule has 0 bridgehead atoms. The van der Waals surface area contributed by atoms with Crippen molar-refractivity contribution in [2.45, 2.75) is 39.7 Å². The quantitative estimate of drug-likeness (QED) is 0.774. The lowest BCUT2D eigenvalue weighted by atomic mass is 10.1. The third kappa shape index (κ3) is 4.87. The van der Waals surface area contributed by atoms with Crippen LogP contribution in [0, 0.1) is 12.8 Å². The molecule has 1 rings (SSSR count). The van der Waals surface area contributed by atoms with Gasteiger partial charge in [0.1, 0.15) is 5.75 Å². The molecule has 2 atom stereocenters. The standard InChI is InChI=1S/C14H23N3O2/c1-4-11(15)7-12-13(6-5-10(3)17-12)19-8-9(2)14(16)18/h5-6,9,11H,4,7-8,15H2,1-3H3,(H2,16,18). The van der Waals surface area contributed by atoms with E-state index in [4.69, 9.17) is 16.2 Å². The molecule has 5 heteroatoms. The summed E-state index contributed by atoms with van der Waals surface area (Å²) in [5, 5.41) is 0. The fraction of sp³-hybridized carbons (Fsp3) is 0.571. The highest BCUT2D eigenvalue weighted by atomic mass is 16.5. The molecule has 0 aromatic carbocycles. The number of ether oxygens (including phenoxy) is 1. The smallest absolute Gasteiger partial charge is 0.223 e. The predicted octanol–water partition coefficient (Wildman–Crippen LogP) is 1.17. The second-order valence-corrected chi connectivity index (χ2v) is 4.88. The highest BCUT2D eigenvalue weighted by Gasteiger charge is 2.13. The number of primary amides is 1. The van der Waals surface area contributed by atoms with Crippen LogP contribution in [0.4, 0.5) is 0 Å². The van der Waals surface area contributed by atoms with Crippen LogP contribution in [-0.2, 0) is 11.2 Å². The molecule has 5 nitrogen and oxygen atoms in total. The van der Waals surface area contributed by atoms with Gasteiger partial charge < -0.3 is 16.2 Å². The van der Waals surface area contributed by atoms with E-state index in [9.17, 15) is 4.79 Å². The van der Waals surface area contributed by atoms with Crippen LogP contribution in [-0.4, -0.2) is 23.5 Å². The minimum absolute atomic E-state index is 0.0604. The van der Waals surface area contributed by atoms with Gasteiger partial charge >= 0.3 is 0 Å². The molecule has 2 unspecified atom stereocenters. The molecule has 1 amide bonds. The van der Waals surface area contributed by atoms with Crippen molar-refractivity contribution in [1.29, 1.82) is 0 Å². The number of aromatic nitrogens is 1. The summed E-state index contributed by atoms with van der Waals surface area (Å²) in [5.74, 6) is -0.0107. The first-order chi connectivity index (χ1) is 8.93. The Morgan fingerprint density at radius 2 is 2.16 bits per heavy atom. The summed E-state index contributed by atoms with van der Waals surface area (Å²) in [7, 11) is 0. The van der Waals surface area contributed by atoms with Gasteiger partial charge in [-0.2, -0.15) is 0 Å². The zero-order valence-electron chi connectivity index (χ0n) is 11.8. The maximum atomic E-state index is 11.0. The summed E-state index contributed by atoms with van der Waals surface area (Å²) in [6.07, 6.45) is 1.55. The number of nitrogens with zero attached hydrogens (tertiary/aromatic N) is 1. The first-order valence-corrected chi connectivity index (χ1v) is 6.58. The summed E-state index contributed by atoms with van der Waals surface area (Å²) in [5.41, 5.74) is 12.9. The van der Waals surface area contributed by atoms with Crippen molar-refractivity contribution in [2.24, 2.45) is 17.4 Å². The van der Waals surface area contributed by atoms with E-state index >= 15 is 0 Å². The summed E-state index contributed by atoms with van der Waals surface area (Å²) in [6, 6.07) is 3.81. The van der Waals surface area contributed by atoms with Gasteiger partial charge in [0.2, 0.25) is 5.91 Å². The lowest BCUT2D eigenvalue weighted by Crippen LogP contribution is -2.26. The molecule has 0 radical (unpaired) electrons. The molecule has 1 aromatic heterocycles. The number of hydrogen-bond donors (Lipinski definition) is 2. The fourth-order valence-electron chi connectivity index (χ4n) is 1.56. The molecular weight excluding hydrogens is 242 g/mol. The average Bonchev–Trinajstić information content (AvgIpc) is 2.37. The molecule has 1 aromatic rings. The molecule has 4 N–H and O–H groups in total. The Morgan fingerprint density at radius 3 is 2.74 bits per heavy atom. The Kier molecular flexibility index (Phi) is 5.76. The van der Waals surface area contributed by atoms with Crippen LogP contribution >= 0.6 is 0 Å². The van der Waals surface area contributed by atoms with E-state index in [1.165, 1.54) is 0 Å². The van der Waals surface area contributed by atoms with Crippen molar-refractivity contribution in [1.82, 2.24) is 4.98 Å². The molecule has 1 heterocycles. The van der Waals surface area contributed by atoms with Crippen molar-refractivity contribution in [3.05, 3.63) is 23.5 Å². The number of carbonyl (C=O) groups is 1. The summed E-state index contributed by atoms with van der Waals surface area (Å²) in [6.45, 7) is 5.96.